The largest absolute Gasteiger partial charge is 0.370 e. The third kappa shape index (κ3) is 8.27. The molecule has 0 saturated carbocycles. The van der Waals surface area contributed by atoms with Gasteiger partial charge in [0.05, 0.1) is 16.6 Å². The molecule has 4 atom stereocenters. The number of nitrogens with zero attached hydrogens (tertiary/aromatic N) is 2. The number of hydrogen-bond acceptors (Lipinski definition) is 9. The topological polar surface area (TPSA) is 164 Å². The number of halogens is 2. The molecule has 2 saturated heterocycles. The van der Waals surface area contributed by atoms with Crippen molar-refractivity contribution in [3.05, 3.63) is 86.7 Å². The Balaban J connectivity index is 1.17. The maximum Gasteiger partial charge on any atom is 0.322 e. The number of thiazole rings is 1. The van der Waals surface area contributed by atoms with E-state index in [1.807, 2.05) is 35.7 Å². The molecule has 11 nitrogen and oxygen atoms in total. The molecule has 276 valence electrons. The van der Waals surface area contributed by atoms with E-state index in [0.717, 1.165) is 35.9 Å². The van der Waals surface area contributed by atoms with Crippen molar-refractivity contribution in [3.63, 3.8) is 0 Å². The smallest absolute Gasteiger partial charge is 0.322 e. The molecule has 0 unspecified atom stereocenters. The molecule has 0 bridgehead atoms. The lowest BCUT2D eigenvalue weighted by molar-refractivity contribution is -0.142. The summed E-state index contributed by atoms with van der Waals surface area (Å²) >= 11 is 2.49. The first kappa shape index (κ1) is 37.7. The van der Waals surface area contributed by atoms with Crippen molar-refractivity contribution in [2.75, 3.05) is 26.4 Å². The molecule has 2 aliphatic rings. The van der Waals surface area contributed by atoms with Gasteiger partial charge in [-0.3, -0.25) is 19.2 Å². The average molecular weight is 771 g/mol. The Morgan fingerprint density at radius 2 is 1.88 bits per heavy atom. The number of benzene rings is 2. The van der Waals surface area contributed by atoms with Gasteiger partial charge in [0, 0.05) is 41.1 Å². The monoisotopic (exact) mass is 770 g/mol. The van der Waals surface area contributed by atoms with Gasteiger partial charge in [-0.25, -0.2) is 4.98 Å². The standard InChI is InChI=1S/C36H41F2N6O5PS2/c1-50(2,49)36(37,38)23-8-12-29-22(17-23)18-30(52-29)33(47)43-27-19-40-15-14-25-9-11-28(44(25)35(27)48)32(46)42-26(10-13-31(39)45)34-41-24(20-51-34)16-21-6-4-3-5-7-21/h3-8,12,17-18,20,25-28,40H,9-11,13-16,19H2,1-2H3,(H2,39,45)(H,42,46)(H,43,47)/t25-,26+,27+,28+/m1/s1. The number of nitrogens with two attached hydrogens (primary N) is 1. The lowest BCUT2D eigenvalue weighted by Crippen LogP contribution is -2.60. The number of hydrogen-bond donors (Lipinski definition) is 4. The first-order chi connectivity index (χ1) is 24.7. The summed E-state index contributed by atoms with van der Waals surface area (Å²) in [7, 11) is -3.79. The van der Waals surface area contributed by atoms with Crippen molar-refractivity contribution in [2.24, 2.45) is 5.73 Å². The second kappa shape index (κ2) is 15.5. The molecule has 4 amide bonds. The number of thiophene rings is 1. The fourth-order valence-electron chi connectivity index (χ4n) is 6.72. The molecule has 52 heavy (non-hydrogen) atoms. The van der Waals surface area contributed by atoms with E-state index in [1.165, 1.54) is 35.6 Å². The van der Waals surface area contributed by atoms with Gasteiger partial charge < -0.3 is 31.1 Å². The number of nitrogens with one attached hydrogen (secondary N) is 3. The Hall–Kier alpha value is -4.04. The molecular weight excluding hydrogens is 730 g/mol. The summed E-state index contributed by atoms with van der Waals surface area (Å²) in [5, 5.41) is 12.1. The average Bonchev–Trinajstić information content (AvgIpc) is 3.85. The van der Waals surface area contributed by atoms with E-state index in [9.17, 15) is 32.5 Å². The molecule has 2 fully saturated rings. The van der Waals surface area contributed by atoms with E-state index < -0.39 is 48.7 Å². The molecule has 16 heteroatoms. The maximum atomic E-state index is 14.8. The van der Waals surface area contributed by atoms with Crippen LogP contribution in [-0.2, 0) is 31.0 Å². The zero-order valence-electron chi connectivity index (χ0n) is 28.8. The van der Waals surface area contributed by atoms with E-state index in [4.69, 9.17) is 10.7 Å². The molecule has 6 rings (SSSR count). The minimum Gasteiger partial charge on any atom is -0.370 e. The molecule has 5 N–H and O–H groups in total. The SMILES string of the molecule is CP(C)(=O)C(F)(F)c1ccc2sc(C(=O)N[C@H]3CNCC[C@H]4CC[C@@H](C(=O)N[C@@H](CCC(N)=O)c5nc(Cc6ccccc6)cs5)N4C3=O)cc2c1. The first-order valence-electron chi connectivity index (χ1n) is 17.1. The normalized spacial score (nSPS) is 20.2. The van der Waals surface area contributed by atoms with Crippen LogP contribution in [0.1, 0.15) is 69.6 Å². The second-order valence-corrected chi connectivity index (χ2v) is 18.9. The van der Waals surface area contributed by atoms with Crippen molar-refractivity contribution < 1.29 is 32.5 Å². The number of carbonyl (C=O) groups excluding carboxylic acids is 4. The second-order valence-electron chi connectivity index (χ2n) is 13.7. The highest BCUT2D eigenvalue weighted by Crippen LogP contribution is 2.60. The van der Waals surface area contributed by atoms with Crippen LogP contribution in [0.2, 0.25) is 0 Å². The van der Waals surface area contributed by atoms with Crippen LogP contribution in [0.4, 0.5) is 8.78 Å². The van der Waals surface area contributed by atoms with E-state index in [2.05, 4.69) is 16.0 Å². The molecule has 0 aliphatic carbocycles. The van der Waals surface area contributed by atoms with Gasteiger partial charge in [0.15, 0.2) is 7.14 Å². The zero-order valence-corrected chi connectivity index (χ0v) is 31.3. The summed E-state index contributed by atoms with van der Waals surface area (Å²) in [4.78, 5) is 59.9. The third-order valence-corrected chi connectivity index (χ3v) is 13.3. The highest BCUT2D eigenvalue weighted by Gasteiger charge is 2.46. The predicted molar refractivity (Wildman–Crippen MR) is 198 cm³/mol. The number of primary amides is 1. The number of carbonyl (C=O) groups is 4. The van der Waals surface area contributed by atoms with E-state index in [-0.39, 0.29) is 41.8 Å². The number of rotatable bonds is 12. The first-order valence-corrected chi connectivity index (χ1v) is 21.4. The van der Waals surface area contributed by atoms with Crippen LogP contribution in [-0.4, -0.2) is 78.1 Å². The van der Waals surface area contributed by atoms with Crippen molar-refractivity contribution in [2.45, 2.75) is 68.4 Å². The summed E-state index contributed by atoms with van der Waals surface area (Å²) in [5.74, 6) is -1.83. The van der Waals surface area contributed by atoms with Crippen molar-refractivity contribution in [1.82, 2.24) is 25.8 Å². The number of amides is 4. The Kier molecular flexibility index (Phi) is 11.3. The predicted octanol–water partition coefficient (Wildman–Crippen LogP) is 5.19. The lowest BCUT2D eigenvalue weighted by Gasteiger charge is -2.35. The van der Waals surface area contributed by atoms with E-state index in [0.29, 0.717) is 47.3 Å². The fraction of sp³-hybridized carbons (Fsp3) is 0.417. The highest BCUT2D eigenvalue weighted by molar-refractivity contribution is 7.63. The Bertz CT molecular complexity index is 2020. The van der Waals surface area contributed by atoms with Crippen molar-refractivity contribution in [1.29, 1.82) is 0 Å². The zero-order chi connectivity index (χ0) is 37.2. The third-order valence-electron chi connectivity index (χ3n) is 9.52. The van der Waals surface area contributed by atoms with Crippen LogP contribution in [0.3, 0.4) is 0 Å². The molecule has 2 aromatic heterocycles. The van der Waals surface area contributed by atoms with Gasteiger partial charge in [-0.2, -0.15) is 8.78 Å². The van der Waals surface area contributed by atoms with Crippen LogP contribution < -0.4 is 21.7 Å². The Morgan fingerprint density at radius 1 is 1.12 bits per heavy atom. The number of fused-ring (bicyclic) bond motifs is 2. The van der Waals surface area contributed by atoms with Crippen LogP contribution in [0.25, 0.3) is 10.1 Å². The van der Waals surface area contributed by atoms with Crippen LogP contribution in [0, 0.1) is 0 Å². The number of alkyl halides is 2. The summed E-state index contributed by atoms with van der Waals surface area (Å²) in [5.41, 5.74) is 3.49. The van der Waals surface area contributed by atoms with Gasteiger partial charge in [0.1, 0.15) is 17.1 Å². The van der Waals surface area contributed by atoms with Crippen LogP contribution in [0.5, 0.6) is 0 Å². The summed E-state index contributed by atoms with van der Waals surface area (Å²) in [6.07, 6.45) is 2.55. The maximum absolute atomic E-state index is 14.8. The summed E-state index contributed by atoms with van der Waals surface area (Å²) in [6.45, 7) is 2.78. The summed E-state index contributed by atoms with van der Waals surface area (Å²) in [6, 6.07) is 12.7. The van der Waals surface area contributed by atoms with E-state index in [1.54, 1.807) is 4.90 Å². The molecule has 0 radical (unpaired) electrons. The Morgan fingerprint density at radius 3 is 2.62 bits per heavy atom. The highest BCUT2D eigenvalue weighted by atomic mass is 32.1. The lowest BCUT2D eigenvalue weighted by atomic mass is 10.1. The van der Waals surface area contributed by atoms with Gasteiger partial charge >= 0.3 is 5.66 Å². The molecule has 4 heterocycles. The van der Waals surface area contributed by atoms with Gasteiger partial charge in [0.25, 0.3) is 5.91 Å². The Labute approximate surface area is 308 Å². The molecule has 0 spiro atoms. The van der Waals surface area contributed by atoms with Crippen LogP contribution >= 0.6 is 29.8 Å². The molecular formula is C36H41F2N6O5PS2. The van der Waals surface area contributed by atoms with E-state index >= 15 is 0 Å². The molecule has 2 aliphatic heterocycles. The fourth-order valence-corrected chi connectivity index (χ4v) is 9.33. The van der Waals surface area contributed by atoms with Gasteiger partial charge in [-0.15, -0.1) is 22.7 Å². The van der Waals surface area contributed by atoms with Crippen molar-refractivity contribution >= 4 is 63.5 Å². The van der Waals surface area contributed by atoms with Crippen molar-refractivity contribution in [3.8, 4) is 0 Å². The van der Waals surface area contributed by atoms with Crippen LogP contribution in [0.15, 0.2) is 60.0 Å². The van der Waals surface area contributed by atoms with Gasteiger partial charge in [0.2, 0.25) is 17.7 Å². The molecule has 2 aromatic carbocycles. The minimum absolute atomic E-state index is 0.0355. The molecule has 4 aromatic rings. The van der Waals surface area contributed by atoms with Gasteiger partial charge in [-0.05, 0) is 74.7 Å². The quantitative estimate of drug-likeness (QED) is 0.144. The minimum atomic E-state index is -3.79. The number of aromatic nitrogens is 1. The van der Waals surface area contributed by atoms with Gasteiger partial charge in [-0.1, -0.05) is 36.4 Å². The summed E-state index contributed by atoms with van der Waals surface area (Å²) < 4.78 is 42.5.